The number of carbonyl (C=O) groups excluding carboxylic acids is 1. The number of ether oxygens (including phenoxy) is 1. The lowest BCUT2D eigenvalue weighted by atomic mass is 10.2. The number of nitrogens with one attached hydrogen (secondary N) is 1. The average Bonchev–Trinajstić information content (AvgIpc) is 2.42. The second-order valence-electron chi connectivity index (χ2n) is 4.04. The van der Waals surface area contributed by atoms with E-state index in [1.54, 1.807) is 36.4 Å². The first-order valence-corrected chi connectivity index (χ1v) is 6.88. The Balaban J connectivity index is 2.19. The van der Waals surface area contributed by atoms with Gasteiger partial charge in [-0.15, -0.1) is 0 Å². The van der Waals surface area contributed by atoms with E-state index in [0.29, 0.717) is 27.7 Å². The van der Waals surface area contributed by atoms with Crippen LogP contribution in [0.4, 0.5) is 11.4 Å². The number of carbonyl (C=O) groups is 1. The molecule has 2 rings (SSSR count). The number of methoxy groups -OCH3 is 1. The number of nitrogen functional groups attached to an aromatic ring is 1. The first kappa shape index (κ1) is 14.7. The summed E-state index contributed by atoms with van der Waals surface area (Å²) in [6, 6.07) is 10.0. The third-order valence-corrected chi connectivity index (χ3v) is 3.90. The maximum Gasteiger partial charge on any atom is 0.255 e. The van der Waals surface area contributed by atoms with Crippen molar-refractivity contribution in [2.24, 2.45) is 0 Å². The first-order valence-electron chi connectivity index (χ1n) is 5.71. The summed E-state index contributed by atoms with van der Waals surface area (Å²) in [5.41, 5.74) is 7.30. The predicted octanol–water partition coefficient (Wildman–Crippen LogP) is 3.95. The summed E-state index contributed by atoms with van der Waals surface area (Å²) in [4.78, 5) is 12.1. The van der Waals surface area contributed by atoms with Gasteiger partial charge in [-0.05, 0) is 52.3 Å². The van der Waals surface area contributed by atoms with Crippen LogP contribution in [0.1, 0.15) is 10.4 Å². The van der Waals surface area contributed by atoms with E-state index in [1.165, 1.54) is 7.11 Å². The van der Waals surface area contributed by atoms with E-state index in [4.69, 9.17) is 22.1 Å². The third-order valence-electron chi connectivity index (χ3n) is 2.67. The largest absolute Gasteiger partial charge is 0.495 e. The van der Waals surface area contributed by atoms with Gasteiger partial charge in [0.25, 0.3) is 5.91 Å². The van der Waals surface area contributed by atoms with E-state index in [1.807, 2.05) is 0 Å². The van der Waals surface area contributed by atoms with E-state index >= 15 is 0 Å². The van der Waals surface area contributed by atoms with E-state index in [2.05, 4.69) is 21.2 Å². The second kappa shape index (κ2) is 6.15. The van der Waals surface area contributed by atoms with Gasteiger partial charge in [0.05, 0.1) is 17.8 Å². The van der Waals surface area contributed by atoms with Crippen LogP contribution < -0.4 is 15.8 Å². The molecule has 6 heteroatoms. The summed E-state index contributed by atoms with van der Waals surface area (Å²) in [6.07, 6.45) is 0. The Morgan fingerprint density at radius 2 is 2.05 bits per heavy atom. The molecule has 0 spiro atoms. The quantitative estimate of drug-likeness (QED) is 0.820. The molecule has 0 saturated carbocycles. The smallest absolute Gasteiger partial charge is 0.255 e. The zero-order valence-electron chi connectivity index (χ0n) is 10.6. The molecule has 0 aliphatic rings. The van der Waals surface area contributed by atoms with Gasteiger partial charge < -0.3 is 15.8 Å². The van der Waals surface area contributed by atoms with Gasteiger partial charge in [-0.25, -0.2) is 0 Å². The van der Waals surface area contributed by atoms with Crippen molar-refractivity contribution in [1.29, 1.82) is 0 Å². The Kier molecular flexibility index (Phi) is 4.52. The molecule has 20 heavy (non-hydrogen) atoms. The molecule has 0 saturated heterocycles. The van der Waals surface area contributed by atoms with Crippen LogP contribution in [0.25, 0.3) is 0 Å². The Hall–Kier alpha value is -1.72. The maximum atomic E-state index is 12.1. The predicted molar refractivity (Wildman–Crippen MR) is 84.5 cm³/mol. The molecule has 0 aliphatic heterocycles. The summed E-state index contributed by atoms with van der Waals surface area (Å²) in [6.45, 7) is 0. The van der Waals surface area contributed by atoms with Gasteiger partial charge in [0, 0.05) is 15.7 Å². The average molecular weight is 356 g/mol. The standard InChI is InChI=1S/C14H12BrClN2O2/c1-20-13-5-3-9(7-12(13)17)18-14(19)8-2-4-10(15)11(16)6-8/h2-7H,17H2,1H3,(H,18,19). The molecule has 1 amide bonds. The van der Waals surface area contributed by atoms with Gasteiger partial charge in [-0.2, -0.15) is 0 Å². The van der Waals surface area contributed by atoms with Gasteiger partial charge in [0.1, 0.15) is 5.75 Å². The van der Waals surface area contributed by atoms with Gasteiger partial charge >= 0.3 is 0 Å². The first-order chi connectivity index (χ1) is 9.51. The van der Waals surface area contributed by atoms with Gasteiger partial charge in [-0.1, -0.05) is 11.6 Å². The SMILES string of the molecule is COc1ccc(NC(=O)c2ccc(Br)c(Cl)c2)cc1N. The number of nitrogens with two attached hydrogens (primary N) is 1. The zero-order valence-corrected chi connectivity index (χ0v) is 13.0. The molecule has 3 N–H and O–H groups in total. The minimum Gasteiger partial charge on any atom is -0.495 e. The van der Waals surface area contributed by atoms with E-state index in [-0.39, 0.29) is 5.91 Å². The van der Waals surface area contributed by atoms with Crippen molar-refractivity contribution >= 4 is 44.8 Å². The Labute approximate surface area is 130 Å². The fourth-order valence-electron chi connectivity index (χ4n) is 1.65. The number of rotatable bonds is 3. The molecule has 0 unspecified atom stereocenters. The van der Waals surface area contributed by atoms with Crippen molar-refractivity contribution in [3.63, 3.8) is 0 Å². The molecule has 0 heterocycles. The Morgan fingerprint density at radius 1 is 1.30 bits per heavy atom. The second-order valence-corrected chi connectivity index (χ2v) is 5.30. The fourth-order valence-corrected chi connectivity index (χ4v) is 2.08. The fraction of sp³-hybridized carbons (Fsp3) is 0.0714. The third kappa shape index (κ3) is 3.23. The molecule has 2 aromatic carbocycles. The molecule has 0 bridgehead atoms. The number of benzene rings is 2. The highest BCUT2D eigenvalue weighted by atomic mass is 79.9. The van der Waals surface area contributed by atoms with Crippen LogP contribution in [0.3, 0.4) is 0 Å². The number of hydrogen-bond acceptors (Lipinski definition) is 3. The summed E-state index contributed by atoms with van der Waals surface area (Å²) >= 11 is 9.24. The highest BCUT2D eigenvalue weighted by Gasteiger charge is 2.09. The molecule has 0 aromatic heterocycles. The lowest BCUT2D eigenvalue weighted by molar-refractivity contribution is 0.102. The van der Waals surface area contributed by atoms with Crippen molar-refractivity contribution < 1.29 is 9.53 Å². The highest BCUT2D eigenvalue weighted by molar-refractivity contribution is 9.10. The van der Waals surface area contributed by atoms with Crippen LogP contribution in [0.2, 0.25) is 5.02 Å². The summed E-state index contributed by atoms with van der Waals surface area (Å²) in [5.74, 6) is 0.304. The summed E-state index contributed by atoms with van der Waals surface area (Å²) in [5, 5.41) is 3.23. The molecule has 104 valence electrons. The van der Waals surface area contributed by atoms with Gasteiger partial charge in [0.15, 0.2) is 0 Å². The molecule has 0 radical (unpaired) electrons. The van der Waals surface area contributed by atoms with Crippen LogP contribution in [0.15, 0.2) is 40.9 Å². The van der Waals surface area contributed by atoms with Gasteiger partial charge in [-0.3, -0.25) is 4.79 Å². The zero-order chi connectivity index (χ0) is 14.7. The molecular formula is C14H12BrClN2O2. The topological polar surface area (TPSA) is 64.3 Å². The molecule has 0 atom stereocenters. The van der Waals surface area contributed by atoms with Crippen molar-refractivity contribution in [1.82, 2.24) is 0 Å². The lowest BCUT2D eigenvalue weighted by Crippen LogP contribution is -2.12. The minimum atomic E-state index is -0.260. The van der Waals surface area contributed by atoms with Gasteiger partial charge in [0.2, 0.25) is 0 Å². The summed E-state index contributed by atoms with van der Waals surface area (Å²) in [7, 11) is 1.54. The number of hydrogen-bond donors (Lipinski definition) is 2. The molecular weight excluding hydrogens is 344 g/mol. The van der Waals surface area contributed by atoms with E-state index in [0.717, 1.165) is 4.47 Å². The number of halogens is 2. The van der Waals surface area contributed by atoms with Crippen molar-refractivity contribution in [2.45, 2.75) is 0 Å². The van der Waals surface area contributed by atoms with E-state index in [9.17, 15) is 4.79 Å². The minimum absolute atomic E-state index is 0.260. The molecule has 0 aliphatic carbocycles. The molecule has 2 aromatic rings. The van der Waals surface area contributed by atoms with Crippen molar-refractivity contribution in [2.75, 3.05) is 18.2 Å². The van der Waals surface area contributed by atoms with E-state index < -0.39 is 0 Å². The Bertz CT molecular complexity index is 662. The number of anilines is 2. The normalized spacial score (nSPS) is 10.2. The maximum absolute atomic E-state index is 12.1. The van der Waals surface area contributed by atoms with Crippen LogP contribution in [0, 0.1) is 0 Å². The molecule has 0 fully saturated rings. The Morgan fingerprint density at radius 3 is 2.65 bits per heavy atom. The highest BCUT2D eigenvalue weighted by Crippen LogP contribution is 2.26. The van der Waals surface area contributed by atoms with Crippen molar-refractivity contribution in [3.8, 4) is 5.75 Å². The van der Waals surface area contributed by atoms with Crippen molar-refractivity contribution in [3.05, 3.63) is 51.5 Å². The number of amides is 1. The lowest BCUT2D eigenvalue weighted by Gasteiger charge is -2.09. The van der Waals surface area contributed by atoms with Crippen LogP contribution in [0.5, 0.6) is 5.75 Å². The van der Waals surface area contributed by atoms with Crippen LogP contribution >= 0.6 is 27.5 Å². The monoisotopic (exact) mass is 354 g/mol. The van der Waals surface area contributed by atoms with Crippen LogP contribution in [-0.4, -0.2) is 13.0 Å². The summed E-state index contributed by atoms with van der Waals surface area (Å²) < 4.78 is 5.80. The van der Waals surface area contributed by atoms with Crippen LogP contribution in [-0.2, 0) is 0 Å². The molecule has 4 nitrogen and oxygen atoms in total.